The van der Waals surface area contributed by atoms with E-state index in [2.05, 4.69) is 31.5 Å². The first-order chi connectivity index (χ1) is 10.6. The Morgan fingerprint density at radius 2 is 1.64 bits per heavy atom. The van der Waals surface area contributed by atoms with Crippen LogP contribution in [0.4, 0.5) is 11.5 Å². The fourth-order valence-corrected chi connectivity index (χ4v) is 2.16. The summed E-state index contributed by atoms with van der Waals surface area (Å²) in [6, 6.07) is 7.73. The summed E-state index contributed by atoms with van der Waals surface area (Å²) < 4.78 is 11.5. The third-order valence-corrected chi connectivity index (χ3v) is 3.99. The monoisotopic (exact) mass is 365 g/mol. The van der Waals surface area contributed by atoms with E-state index in [9.17, 15) is 0 Å². The molecule has 0 saturated heterocycles. The van der Waals surface area contributed by atoms with Gasteiger partial charge in [-0.2, -0.15) is 0 Å². The van der Waals surface area contributed by atoms with E-state index in [0.29, 0.717) is 0 Å². The summed E-state index contributed by atoms with van der Waals surface area (Å²) in [5.41, 5.74) is 2.11. The standard InChI is InChI=1S/C16H20BrN3O2/c1-11-6-16(20-10-15(11)17)19-5-4-18-12-7-13(21-2)9-14(8-12)22-3/h6-10,18H,4-5H2,1-3H3,(H,19,20). The smallest absolute Gasteiger partial charge is 0.126 e. The lowest BCUT2D eigenvalue weighted by atomic mass is 10.2. The molecule has 0 amide bonds. The number of benzene rings is 1. The first-order valence-electron chi connectivity index (χ1n) is 6.95. The molecule has 1 aromatic carbocycles. The molecule has 2 rings (SSSR count). The second kappa shape index (κ2) is 7.89. The van der Waals surface area contributed by atoms with Crippen molar-refractivity contribution >= 4 is 27.4 Å². The summed E-state index contributed by atoms with van der Waals surface area (Å²) in [7, 11) is 3.28. The molecule has 0 atom stereocenters. The number of hydrogen-bond acceptors (Lipinski definition) is 5. The Bertz CT molecular complexity index is 613. The Labute approximate surface area is 139 Å². The van der Waals surface area contributed by atoms with Gasteiger partial charge in [0.05, 0.1) is 14.2 Å². The van der Waals surface area contributed by atoms with Gasteiger partial charge < -0.3 is 20.1 Å². The van der Waals surface area contributed by atoms with Gasteiger partial charge in [0.2, 0.25) is 0 Å². The largest absolute Gasteiger partial charge is 0.497 e. The lowest BCUT2D eigenvalue weighted by Gasteiger charge is -2.11. The topological polar surface area (TPSA) is 55.4 Å². The number of rotatable bonds is 7. The molecule has 1 heterocycles. The molecule has 2 N–H and O–H groups in total. The van der Waals surface area contributed by atoms with Crippen LogP contribution in [0.25, 0.3) is 0 Å². The van der Waals surface area contributed by atoms with Crippen LogP contribution < -0.4 is 20.1 Å². The molecule has 0 bridgehead atoms. The highest BCUT2D eigenvalue weighted by Gasteiger charge is 2.02. The summed E-state index contributed by atoms with van der Waals surface area (Å²) in [5.74, 6) is 2.39. The number of aromatic nitrogens is 1. The van der Waals surface area contributed by atoms with Crippen LogP contribution >= 0.6 is 15.9 Å². The maximum absolute atomic E-state index is 5.25. The Hall–Kier alpha value is -1.95. The van der Waals surface area contributed by atoms with Crippen LogP contribution in [0, 0.1) is 6.92 Å². The highest BCUT2D eigenvalue weighted by Crippen LogP contribution is 2.25. The molecule has 118 valence electrons. The normalized spacial score (nSPS) is 10.2. The van der Waals surface area contributed by atoms with E-state index in [-0.39, 0.29) is 0 Å². The molecular formula is C16H20BrN3O2. The second-order valence-corrected chi connectivity index (χ2v) is 5.63. The number of aryl methyl sites for hydroxylation is 1. The molecule has 0 aliphatic heterocycles. The number of hydrogen-bond donors (Lipinski definition) is 2. The minimum atomic E-state index is 0.757. The molecule has 0 aliphatic rings. The first kappa shape index (κ1) is 16.4. The van der Waals surface area contributed by atoms with E-state index in [1.165, 1.54) is 0 Å². The molecule has 22 heavy (non-hydrogen) atoms. The van der Waals surface area contributed by atoms with E-state index in [0.717, 1.165) is 46.1 Å². The van der Waals surface area contributed by atoms with Gasteiger partial charge in [-0.15, -0.1) is 0 Å². The molecule has 2 aromatic rings. The van der Waals surface area contributed by atoms with Gasteiger partial charge in [-0.3, -0.25) is 0 Å². The summed E-state index contributed by atoms with van der Waals surface area (Å²) >= 11 is 3.44. The average Bonchev–Trinajstić information content (AvgIpc) is 2.54. The van der Waals surface area contributed by atoms with Crippen LogP contribution in [0.2, 0.25) is 0 Å². The predicted octanol–water partition coefficient (Wildman–Crippen LogP) is 3.69. The van der Waals surface area contributed by atoms with Gasteiger partial charge in [-0.25, -0.2) is 4.98 Å². The highest BCUT2D eigenvalue weighted by molar-refractivity contribution is 9.10. The van der Waals surface area contributed by atoms with Crippen molar-refractivity contribution in [2.75, 3.05) is 37.9 Å². The molecule has 0 fully saturated rings. The van der Waals surface area contributed by atoms with Crippen LogP contribution in [0.5, 0.6) is 11.5 Å². The second-order valence-electron chi connectivity index (χ2n) is 4.77. The van der Waals surface area contributed by atoms with Gasteiger partial charge in [-0.05, 0) is 34.5 Å². The van der Waals surface area contributed by atoms with Crippen LogP contribution in [0.15, 0.2) is 34.9 Å². The molecular weight excluding hydrogens is 346 g/mol. The third-order valence-electron chi connectivity index (χ3n) is 3.16. The van der Waals surface area contributed by atoms with Crippen molar-refractivity contribution in [3.8, 4) is 11.5 Å². The lowest BCUT2D eigenvalue weighted by Crippen LogP contribution is -2.14. The van der Waals surface area contributed by atoms with Crippen LogP contribution in [0.3, 0.4) is 0 Å². The number of methoxy groups -OCH3 is 2. The summed E-state index contributed by atoms with van der Waals surface area (Å²) in [5, 5.41) is 6.61. The van der Waals surface area contributed by atoms with Crippen molar-refractivity contribution in [1.29, 1.82) is 0 Å². The number of halogens is 1. The molecule has 5 nitrogen and oxygen atoms in total. The fraction of sp³-hybridized carbons (Fsp3) is 0.312. The van der Waals surface area contributed by atoms with E-state index < -0.39 is 0 Å². The van der Waals surface area contributed by atoms with Gasteiger partial charge in [-0.1, -0.05) is 0 Å². The summed E-state index contributed by atoms with van der Waals surface area (Å²) in [6.45, 7) is 3.55. The lowest BCUT2D eigenvalue weighted by molar-refractivity contribution is 0.394. The molecule has 6 heteroatoms. The van der Waals surface area contributed by atoms with Crippen LogP contribution in [-0.4, -0.2) is 32.3 Å². The molecule has 0 saturated carbocycles. The van der Waals surface area contributed by atoms with Crippen molar-refractivity contribution in [3.05, 3.63) is 40.5 Å². The van der Waals surface area contributed by atoms with E-state index >= 15 is 0 Å². The Morgan fingerprint density at radius 3 is 2.23 bits per heavy atom. The summed E-state index contributed by atoms with van der Waals surface area (Å²) in [4.78, 5) is 4.31. The Morgan fingerprint density at radius 1 is 1.00 bits per heavy atom. The predicted molar refractivity (Wildman–Crippen MR) is 93.2 cm³/mol. The maximum atomic E-state index is 5.25. The third kappa shape index (κ3) is 4.53. The quantitative estimate of drug-likeness (QED) is 0.732. The van der Waals surface area contributed by atoms with E-state index in [4.69, 9.17) is 9.47 Å². The number of pyridine rings is 1. The Balaban J connectivity index is 1.87. The van der Waals surface area contributed by atoms with Crippen LogP contribution in [-0.2, 0) is 0 Å². The van der Waals surface area contributed by atoms with Gasteiger partial charge in [0.1, 0.15) is 17.3 Å². The van der Waals surface area contributed by atoms with E-state index in [1.54, 1.807) is 20.4 Å². The van der Waals surface area contributed by atoms with Crippen molar-refractivity contribution < 1.29 is 9.47 Å². The van der Waals surface area contributed by atoms with Gasteiger partial charge in [0, 0.05) is 47.6 Å². The number of ether oxygens (including phenoxy) is 2. The molecule has 0 spiro atoms. The fourth-order valence-electron chi connectivity index (χ4n) is 1.94. The van der Waals surface area contributed by atoms with Crippen molar-refractivity contribution in [2.45, 2.75) is 6.92 Å². The zero-order chi connectivity index (χ0) is 15.9. The molecule has 0 aliphatic carbocycles. The van der Waals surface area contributed by atoms with Crippen LogP contribution in [0.1, 0.15) is 5.56 Å². The van der Waals surface area contributed by atoms with Crippen molar-refractivity contribution in [1.82, 2.24) is 4.98 Å². The number of anilines is 2. The van der Waals surface area contributed by atoms with Gasteiger partial charge in [0.25, 0.3) is 0 Å². The highest BCUT2D eigenvalue weighted by atomic mass is 79.9. The average molecular weight is 366 g/mol. The first-order valence-corrected chi connectivity index (χ1v) is 7.74. The zero-order valence-corrected chi connectivity index (χ0v) is 14.5. The van der Waals surface area contributed by atoms with Gasteiger partial charge >= 0.3 is 0 Å². The summed E-state index contributed by atoms with van der Waals surface area (Å²) in [6.07, 6.45) is 1.80. The zero-order valence-electron chi connectivity index (χ0n) is 12.9. The minimum Gasteiger partial charge on any atom is -0.497 e. The number of nitrogens with one attached hydrogen (secondary N) is 2. The van der Waals surface area contributed by atoms with E-state index in [1.807, 2.05) is 31.2 Å². The molecule has 0 radical (unpaired) electrons. The van der Waals surface area contributed by atoms with Crippen molar-refractivity contribution in [2.24, 2.45) is 0 Å². The SMILES string of the molecule is COc1cc(NCCNc2cc(C)c(Br)cn2)cc(OC)c1. The number of nitrogens with zero attached hydrogens (tertiary/aromatic N) is 1. The van der Waals surface area contributed by atoms with Gasteiger partial charge in [0.15, 0.2) is 0 Å². The maximum Gasteiger partial charge on any atom is 0.126 e. The minimum absolute atomic E-state index is 0.757. The molecule has 1 aromatic heterocycles. The Kier molecular flexibility index (Phi) is 5.89. The molecule has 0 unspecified atom stereocenters. The van der Waals surface area contributed by atoms with Crippen molar-refractivity contribution in [3.63, 3.8) is 0 Å².